The highest BCUT2D eigenvalue weighted by Gasteiger charge is 2.49. The van der Waals surface area contributed by atoms with Gasteiger partial charge in [0, 0.05) is 13.5 Å². The largest absolute Gasteiger partial charge is 0.486 e. The third-order valence-corrected chi connectivity index (χ3v) is 6.29. The van der Waals surface area contributed by atoms with Crippen molar-refractivity contribution in [1.29, 1.82) is 0 Å². The molecule has 1 fully saturated rings. The molecule has 1 aromatic rings. The Kier molecular flexibility index (Phi) is 8.30. The van der Waals surface area contributed by atoms with Gasteiger partial charge in [-0.2, -0.15) is 0 Å². The van der Waals surface area contributed by atoms with Crippen LogP contribution in [0.3, 0.4) is 0 Å². The Labute approximate surface area is 188 Å². The number of hydrogen-bond donors (Lipinski definition) is 0. The molecule has 0 aromatic carbocycles. The summed E-state index contributed by atoms with van der Waals surface area (Å²) in [6.07, 6.45) is 6.06. The van der Waals surface area contributed by atoms with Crippen LogP contribution in [0, 0.1) is 5.92 Å². The van der Waals surface area contributed by atoms with Crippen LogP contribution in [-0.2, 0) is 14.3 Å². The quantitative estimate of drug-likeness (QED) is 0.217. The third kappa shape index (κ3) is 5.04. The second-order valence-corrected chi connectivity index (χ2v) is 8.73. The summed E-state index contributed by atoms with van der Waals surface area (Å²) in [5, 5.41) is 0.482. The molecule has 9 heteroatoms. The van der Waals surface area contributed by atoms with E-state index < -0.39 is 11.7 Å². The zero-order valence-electron chi connectivity index (χ0n) is 18.9. The summed E-state index contributed by atoms with van der Waals surface area (Å²) in [5.41, 5.74) is 0.180. The van der Waals surface area contributed by atoms with E-state index in [-0.39, 0.29) is 17.3 Å². The lowest BCUT2D eigenvalue weighted by atomic mass is 9.85. The van der Waals surface area contributed by atoms with Gasteiger partial charge in [-0.25, -0.2) is 9.97 Å². The maximum Gasteiger partial charge on any atom is 0.229 e. The van der Waals surface area contributed by atoms with E-state index in [2.05, 4.69) is 16.9 Å². The fourth-order valence-electron chi connectivity index (χ4n) is 3.95. The number of fused-ring (bicyclic) bond motifs is 1. The van der Waals surface area contributed by atoms with Gasteiger partial charge in [0.1, 0.15) is 6.61 Å². The molecule has 1 aromatic heterocycles. The highest BCUT2D eigenvalue weighted by atomic mass is 32.2. The average molecular weight is 452 g/mol. The lowest BCUT2D eigenvalue weighted by molar-refractivity contribution is -0.186. The number of carbonyl (C=O) groups is 2. The topological polar surface area (TPSA) is 90.9 Å². The first-order valence-electron chi connectivity index (χ1n) is 11.1. The first kappa shape index (κ1) is 23.9. The van der Waals surface area contributed by atoms with Crippen LogP contribution in [0.4, 0.5) is 5.82 Å². The van der Waals surface area contributed by atoms with Crippen LogP contribution in [0.15, 0.2) is 5.16 Å². The fraction of sp³-hybridized carbons (Fsp3) is 0.727. The van der Waals surface area contributed by atoms with E-state index >= 15 is 0 Å². The number of aromatic nitrogens is 2. The van der Waals surface area contributed by atoms with E-state index in [4.69, 9.17) is 14.2 Å². The molecule has 172 valence electrons. The maximum atomic E-state index is 13.8. The van der Waals surface area contributed by atoms with Crippen molar-refractivity contribution in [2.24, 2.45) is 5.92 Å². The van der Waals surface area contributed by atoms with E-state index in [1.165, 1.54) is 11.8 Å². The number of ketones is 2. The molecule has 0 saturated carbocycles. The minimum atomic E-state index is -1.34. The number of nitrogens with zero attached hydrogens (tertiary/aromatic N) is 3. The number of unbranched alkanes of at least 4 members (excludes halogenated alkanes) is 2. The van der Waals surface area contributed by atoms with Gasteiger partial charge in [0.15, 0.2) is 28.2 Å². The van der Waals surface area contributed by atoms with Gasteiger partial charge in [0.2, 0.25) is 11.6 Å². The van der Waals surface area contributed by atoms with Crippen LogP contribution in [0.2, 0.25) is 0 Å². The minimum absolute atomic E-state index is 0.180. The monoisotopic (exact) mass is 451 g/mol. The van der Waals surface area contributed by atoms with Crippen molar-refractivity contribution in [2.45, 2.75) is 63.3 Å². The molecule has 31 heavy (non-hydrogen) atoms. The van der Waals surface area contributed by atoms with Crippen molar-refractivity contribution in [3.05, 3.63) is 5.69 Å². The van der Waals surface area contributed by atoms with Crippen LogP contribution < -0.4 is 9.64 Å². The molecule has 2 aliphatic rings. The summed E-state index contributed by atoms with van der Waals surface area (Å²) < 4.78 is 17.5. The van der Waals surface area contributed by atoms with E-state index in [0.717, 1.165) is 25.7 Å². The van der Waals surface area contributed by atoms with Gasteiger partial charge in [-0.3, -0.25) is 9.59 Å². The smallest absolute Gasteiger partial charge is 0.229 e. The number of carbonyl (C=O) groups excluding carboxylic acids is 2. The van der Waals surface area contributed by atoms with E-state index in [1.807, 2.05) is 25.1 Å². The number of Topliss-reactive ketones (excluding diaryl/α,β-unsaturated/α-hetero) is 2. The van der Waals surface area contributed by atoms with Crippen LogP contribution in [0.5, 0.6) is 5.75 Å². The van der Waals surface area contributed by atoms with E-state index in [1.54, 1.807) is 0 Å². The van der Waals surface area contributed by atoms with Gasteiger partial charge >= 0.3 is 0 Å². The molecule has 1 saturated heterocycles. The van der Waals surface area contributed by atoms with Gasteiger partial charge in [-0.15, -0.1) is 0 Å². The molecule has 0 radical (unpaired) electrons. The molecule has 0 amide bonds. The first-order chi connectivity index (χ1) is 15.0. The van der Waals surface area contributed by atoms with Crippen molar-refractivity contribution >= 4 is 29.1 Å². The Balaban J connectivity index is 2.00. The zero-order valence-corrected chi connectivity index (χ0v) is 19.8. The molecular weight excluding hydrogens is 418 g/mol. The van der Waals surface area contributed by atoms with Gasteiger partial charge in [-0.1, -0.05) is 44.9 Å². The Morgan fingerprint density at radius 1 is 1.13 bits per heavy atom. The average Bonchev–Trinajstić information content (AvgIpc) is 3.27. The molecular formula is C22H33N3O5S. The second-order valence-electron chi connectivity index (χ2n) is 7.96. The van der Waals surface area contributed by atoms with Crippen molar-refractivity contribution in [1.82, 2.24) is 9.97 Å². The molecule has 3 rings (SSSR count). The summed E-state index contributed by atoms with van der Waals surface area (Å²) in [5.74, 6) is -1.90. The Morgan fingerprint density at radius 2 is 1.84 bits per heavy atom. The maximum absolute atomic E-state index is 13.8. The minimum Gasteiger partial charge on any atom is -0.486 e. The fourth-order valence-corrected chi connectivity index (χ4v) is 4.31. The normalized spacial score (nSPS) is 18.4. The Morgan fingerprint density at radius 3 is 2.48 bits per heavy atom. The standard InChI is InChI=1S/C22H33N3O5S/c1-5-7-9-15(19(27)22(10-8-6-2)29-13-14-30-22)17(26)16-18-20(24-21(23-16)31-4)25(3)11-12-28-18/h15H,5-14H2,1-4H3. The highest BCUT2D eigenvalue weighted by molar-refractivity contribution is 7.98. The molecule has 1 atom stereocenters. The predicted octanol–water partition coefficient (Wildman–Crippen LogP) is 3.52. The van der Waals surface area contributed by atoms with Crippen LogP contribution in [0.25, 0.3) is 0 Å². The van der Waals surface area contributed by atoms with Crippen molar-refractivity contribution in [2.75, 3.05) is 44.6 Å². The number of ether oxygens (including phenoxy) is 3. The number of hydrogen-bond acceptors (Lipinski definition) is 9. The number of likely N-dealkylation sites (N-methyl/N-ethyl adjacent to an activating group) is 1. The van der Waals surface area contributed by atoms with Gasteiger partial charge in [-0.05, 0) is 19.1 Å². The molecule has 1 unspecified atom stereocenters. The van der Waals surface area contributed by atoms with E-state index in [9.17, 15) is 9.59 Å². The van der Waals surface area contributed by atoms with Gasteiger partial charge in [0.05, 0.1) is 25.7 Å². The van der Waals surface area contributed by atoms with E-state index in [0.29, 0.717) is 55.9 Å². The summed E-state index contributed by atoms with van der Waals surface area (Å²) in [6.45, 7) is 5.92. The lowest BCUT2D eigenvalue weighted by Crippen LogP contribution is -2.46. The molecule has 0 aliphatic carbocycles. The third-order valence-electron chi connectivity index (χ3n) is 5.75. The Bertz CT molecular complexity index is 798. The van der Waals surface area contributed by atoms with Gasteiger partial charge < -0.3 is 19.1 Å². The summed E-state index contributed by atoms with van der Waals surface area (Å²) in [4.78, 5) is 38.4. The second kappa shape index (κ2) is 10.7. The highest BCUT2D eigenvalue weighted by Crippen LogP contribution is 2.37. The Hall–Kier alpha value is -1.71. The van der Waals surface area contributed by atoms with Crippen LogP contribution in [-0.4, -0.2) is 67.0 Å². The molecule has 0 bridgehead atoms. The lowest BCUT2D eigenvalue weighted by Gasteiger charge is -2.31. The summed E-state index contributed by atoms with van der Waals surface area (Å²) >= 11 is 1.36. The molecule has 3 heterocycles. The van der Waals surface area contributed by atoms with Crippen molar-refractivity contribution in [3.8, 4) is 5.75 Å². The molecule has 8 nitrogen and oxygen atoms in total. The summed E-state index contributed by atoms with van der Waals surface area (Å²) in [7, 11) is 1.91. The SMILES string of the molecule is CCCCC(C(=O)c1nc(SC)nc2c1OCCN2C)C(=O)C1(CCCC)OCCO1. The first-order valence-corrected chi connectivity index (χ1v) is 12.4. The predicted molar refractivity (Wildman–Crippen MR) is 119 cm³/mol. The number of thioether (sulfide) groups is 1. The molecule has 0 N–H and O–H groups in total. The summed E-state index contributed by atoms with van der Waals surface area (Å²) in [6, 6.07) is 0. The molecule has 0 spiro atoms. The van der Waals surface area contributed by atoms with Crippen molar-refractivity contribution < 1.29 is 23.8 Å². The van der Waals surface area contributed by atoms with Crippen LogP contribution in [0.1, 0.15) is 62.9 Å². The zero-order chi connectivity index (χ0) is 22.4. The van der Waals surface area contributed by atoms with Crippen LogP contribution >= 0.6 is 11.8 Å². The number of anilines is 1. The van der Waals surface area contributed by atoms with Crippen molar-refractivity contribution in [3.63, 3.8) is 0 Å². The van der Waals surface area contributed by atoms with Gasteiger partial charge in [0.25, 0.3) is 0 Å². The number of rotatable bonds is 11. The molecule has 2 aliphatic heterocycles.